The van der Waals surface area contributed by atoms with Crippen molar-refractivity contribution >= 4 is 33.8 Å². The molecule has 4 rings (SSSR count). The number of halogens is 1. The normalized spacial score (nSPS) is 19.7. The molecule has 7 heteroatoms. The van der Waals surface area contributed by atoms with E-state index in [2.05, 4.69) is 20.8 Å². The van der Waals surface area contributed by atoms with E-state index in [0.717, 1.165) is 29.4 Å². The molecule has 0 aliphatic carbocycles. The third kappa shape index (κ3) is 4.59. The summed E-state index contributed by atoms with van der Waals surface area (Å²) in [4.78, 5) is 27.4. The number of carbonyl (C=O) groups is 2. The van der Waals surface area contributed by atoms with Crippen molar-refractivity contribution < 1.29 is 24.2 Å². The molecule has 1 saturated heterocycles. The molecule has 0 spiro atoms. The average Bonchev–Trinajstić information content (AvgIpc) is 3.08. The Kier molecular flexibility index (Phi) is 6.67. The molecule has 0 bridgehead atoms. The number of rotatable bonds is 5. The standard InChI is InChI=1S/C25H26BrNO5/c1-3-31-25(30)17-7-5-9-27(13-17)14-19-20(28)10-15(2)22-23(29)21(32-24(19)22)12-16-6-4-8-18(26)11-16/h4,6,8,10-12,17,28H,3,5,7,9,13-14H2,1-2H3/b21-12-. The van der Waals surface area contributed by atoms with Gasteiger partial charge in [-0.1, -0.05) is 28.1 Å². The number of carbonyl (C=O) groups excluding carboxylic acids is 2. The van der Waals surface area contributed by atoms with Gasteiger partial charge in [-0.15, -0.1) is 0 Å². The second kappa shape index (κ2) is 9.46. The molecule has 1 atom stereocenters. The van der Waals surface area contributed by atoms with Crippen LogP contribution in [0.3, 0.4) is 0 Å². The average molecular weight is 500 g/mol. The number of hydrogen-bond acceptors (Lipinski definition) is 6. The van der Waals surface area contributed by atoms with Gasteiger partial charge in [0.25, 0.3) is 0 Å². The Morgan fingerprint density at radius 1 is 1.38 bits per heavy atom. The summed E-state index contributed by atoms with van der Waals surface area (Å²) in [6.07, 6.45) is 3.37. The Morgan fingerprint density at radius 3 is 2.94 bits per heavy atom. The molecule has 0 aromatic heterocycles. The maximum atomic E-state index is 13.1. The Balaban J connectivity index is 1.62. The van der Waals surface area contributed by atoms with Gasteiger partial charge < -0.3 is 14.6 Å². The summed E-state index contributed by atoms with van der Waals surface area (Å²) in [7, 11) is 0. The molecule has 6 nitrogen and oxygen atoms in total. The van der Waals surface area contributed by atoms with Crippen LogP contribution < -0.4 is 4.74 Å². The quantitative estimate of drug-likeness (QED) is 0.467. The molecule has 2 aromatic rings. The van der Waals surface area contributed by atoms with Crippen LogP contribution in [0.2, 0.25) is 0 Å². The monoisotopic (exact) mass is 499 g/mol. The van der Waals surface area contributed by atoms with Crippen molar-refractivity contribution in [3.8, 4) is 11.5 Å². The molecule has 168 valence electrons. The zero-order valence-corrected chi connectivity index (χ0v) is 19.8. The fourth-order valence-corrected chi connectivity index (χ4v) is 4.77. The van der Waals surface area contributed by atoms with Crippen LogP contribution >= 0.6 is 15.9 Å². The molecule has 2 aromatic carbocycles. The summed E-state index contributed by atoms with van der Waals surface area (Å²) in [5.74, 6) is 0.181. The first-order chi connectivity index (χ1) is 15.4. The van der Waals surface area contributed by atoms with Crippen molar-refractivity contribution in [3.63, 3.8) is 0 Å². The molecular weight excluding hydrogens is 474 g/mol. The largest absolute Gasteiger partial charge is 0.507 e. The van der Waals surface area contributed by atoms with Crippen molar-refractivity contribution in [1.82, 2.24) is 4.90 Å². The molecule has 0 saturated carbocycles. The number of nitrogens with zero attached hydrogens (tertiary/aromatic N) is 1. The summed E-state index contributed by atoms with van der Waals surface area (Å²) in [5.41, 5.74) is 2.57. The molecule has 2 heterocycles. The van der Waals surface area contributed by atoms with E-state index in [1.807, 2.05) is 24.3 Å². The van der Waals surface area contributed by atoms with E-state index in [1.54, 1.807) is 26.0 Å². The van der Waals surface area contributed by atoms with Gasteiger partial charge in [-0.2, -0.15) is 0 Å². The van der Waals surface area contributed by atoms with Crippen LogP contribution in [-0.4, -0.2) is 41.5 Å². The van der Waals surface area contributed by atoms with Crippen LogP contribution in [0.15, 0.2) is 40.6 Å². The lowest BCUT2D eigenvalue weighted by Crippen LogP contribution is -2.39. The second-order valence-electron chi connectivity index (χ2n) is 8.22. The Morgan fingerprint density at radius 2 is 2.19 bits per heavy atom. The maximum Gasteiger partial charge on any atom is 0.310 e. The summed E-state index contributed by atoms with van der Waals surface area (Å²) in [5, 5.41) is 10.7. The van der Waals surface area contributed by atoms with E-state index in [1.165, 1.54) is 0 Å². The van der Waals surface area contributed by atoms with E-state index < -0.39 is 0 Å². The molecule has 1 fully saturated rings. The maximum absolute atomic E-state index is 13.1. The molecule has 32 heavy (non-hydrogen) atoms. The minimum absolute atomic E-state index is 0.0935. The molecular formula is C25H26BrNO5. The van der Waals surface area contributed by atoms with E-state index in [9.17, 15) is 14.7 Å². The summed E-state index contributed by atoms with van der Waals surface area (Å²) < 4.78 is 12.1. The Hall–Kier alpha value is -2.64. The van der Waals surface area contributed by atoms with Crippen molar-refractivity contribution in [3.05, 3.63) is 62.8 Å². The van der Waals surface area contributed by atoms with Gasteiger partial charge in [-0.25, -0.2) is 0 Å². The third-order valence-corrected chi connectivity index (χ3v) is 6.37. The zero-order valence-electron chi connectivity index (χ0n) is 18.2. The number of piperidine rings is 1. The van der Waals surface area contributed by atoms with E-state index in [0.29, 0.717) is 42.1 Å². The SMILES string of the molecule is CCOC(=O)C1CCCN(Cc2c(O)cc(C)c3c2O/C(=C\c2cccc(Br)c2)C3=O)C1. The number of hydrogen-bond donors (Lipinski definition) is 1. The van der Waals surface area contributed by atoms with E-state index in [-0.39, 0.29) is 29.2 Å². The topological polar surface area (TPSA) is 76.1 Å². The number of Topliss-reactive ketones (excluding diaryl/α,β-unsaturated/α-hetero) is 1. The smallest absolute Gasteiger partial charge is 0.310 e. The third-order valence-electron chi connectivity index (χ3n) is 5.87. The van der Waals surface area contributed by atoms with Crippen molar-refractivity contribution in [1.29, 1.82) is 0 Å². The number of benzene rings is 2. The van der Waals surface area contributed by atoms with Crippen LogP contribution in [0.5, 0.6) is 11.5 Å². The highest BCUT2D eigenvalue weighted by Gasteiger charge is 2.35. The number of ether oxygens (including phenoxy) is 2. The Bertz CT molecular complexity index is 1090. The lowest BCUT2D eigenvalue weighted by Gasteiger charge is -2.31. The minimum Gasteiger partial charge on any atom is -0.507 e. The van der Waals surface area contributed by atoms with Crippen LogP contribution in [0.1, 0.15) is 46.8 Å². The number of likely N-dealkylation sites (tertiary alicyclic amines) is 1. The zero-order chi connectivity index (χ0) is 22.8. The number of allylic oxidation sites excluding steroid dienone is 1. The number of ketones is 1. The summed E-state index contributed by atoms with van der Waals surface area (Å²) in [6.45, 7) is 5.71. The van der Waals surface area contributed by atoms with Crippen LogP contribution in [0, 0.1) is 12.8 Å². The Labute approximate surface area is 196 Å². The number of aryl methyl sites for hydroxylation is 1. The molecule has 0 amide bonds. The fraction of sp³-hybridized carbons (Fsp3) is 0.360. The highest BCUT2D eigenvalue weighted by atomic mass is 79.9. The highest BCUT2D eigenvalue weighted by molar-refractivity contribution is 9.10. The van der Waals surface area contributed by atoms with Crippen molar-refractivity contribution in [2.45, 2.75) is 33.2 Å². The van der Waals surface area contributed by atoms with Gasteiger partial charge in [0.2, 0.25) is 5.78 Å². The molecule has 1 unspecified atom stereocenters. The van der Waals surface area contributed by atoms with Gasteiger partial charge in [0.15, 0.2) is 5.76 Å². The predicted molar refractivity (Wildman–Crippen MR) is 125 cm³/mol. The number of phenolic OH excluding ortho intramolecular Hbond substituents is 1. The van der Waals surface area contributed by atoms with Gasteiger partial charge in [-0.05, 0) is 68.6 Å². The molecule has 1 N–H and O–H groups in total. The summed E-state index contributed by atoms with van der Waals surface area (Å²) >= 11 is 3.44. The number of esters is 1. The van der Waals surface area contributed by atoms with Crippen LogP contribution in [0.4, 0.5) is 0 Å². The minimum atomic E-state index is -0.193. The predicted octanol–water partition coefficient (Wildman–Crippen LogP) is 4.85. The molecule has 2 aliphatic heterocycles. The first-order valence-corrected chi connectivity index (χ1v) is 11.6. The van der Waals surface area contributed by atoms with E-state index >= 15 is 0 Å². The fourth-order valence-electron chi connectivity index (χ4n) is 4.36. The number of fused-ring (bicyclic) bond motifs is 1. The first kappa shape index (κ1) is 22.6. The van der Waals surface area contributed by atoms with Gasteiger partial charge in [0, 0.05) is 17.6 Å². The van der Waals surface area contributed by atoms with Crippen molar-refractivity contribution in [2.24, 2.45) is 5.92 Å². The molecule has 0 radical (unpaired) electrons. The lowest BCUT2D eigenvalue weighted by molar-refractivity contribution is -0.150. The number of phenols is 1. The van der Waals surface area contributed by atoms with Gasteiger partial charge in [0.05, 0.1) is 23.7 Å². The van der Waals surface area contributed by atoms with Gasteiger partial charge in [-0.3, -0.25) is 14.5 Å². The van der Waals surface area contributed by atoms with Gasteiger partial charge >= 0.3 is 5.97 Å². The van der Waals surface area contributed by atoms with E-state index in [4.69, 9.17) is 9.47 Å². The first-order valence-electron chi connectivity index (χ1n) is 10.8. The molecule has 2 aliphatic rings. The highest BCUT2D eigenvalue weighted by Crippen LogP contribution is 2.42. The van der Waals surface area contributed by atoms with Crippen LogP contribution in [0.25, 0.3) is 6.08 Å². The summed E-state index contributed by atoms with van der Waals surface area (Å²) in [6, 6.07) is 9.22. The van der Waals surface area contributed by atoms with Gasteiger partial charge in [0.1, 0.15) is 11.5 Å². The van der Waals surface area contributed by atoms with Crippen LogP contribution in [-0.2, 0) is 16.1 Å². The van der Waals surface area contributed by atoms with Crippen molar-refractivity contribution in [2.75, 3.05) is 19.7 Å². The second-order valence-corrected chi connectivity index (χ2v) is 9.13. The lowest BCUT2D eigenvalue weighted by atomic mass is 9.96. The number of aromatic hydroxyl groups is 1.